The van der Waals surface area contributed by atoms with Crippen LogP contribution in [0.4, 0.5) is 0 Å². The molecule has 3 fully saturated rings. The summed E-state index contributed by atoms with van der Waals surface area (Å²) in [6, 6.07) is 0. The molecule has 4 nitrogen and oxygen atoms in total. The van der Waals surface area contributed by atoms with Crippen molar-refractivity contribution < 1.29 is 0 Å². The van der Waals surface area contributed by atoms with Gasteiger partial charge in [-0.15, -0.1) is 0 Å². The van der Waals surface area contributed by atoms with Crippen LogP contribution in [0.2, 0.25) is 0 Å². The Morgan fingerprint density at radius 3 is 2.55 bits per heavy atom. The summed E-state index contributed by atoms with van der Waals surface area (Å²) in [6.07, 6.45) is 9.69. The van der Waals surface area contributed by atoms with Crippen LogP contribution in [0.25, 0.3) is 0 Å². The molecule has 22 heavy (non-hydrogen) atoms. The molecular formula is C18H34N4. The minimum absolute atomic E-state index is 0.657. The topological polar surface area (TPSA) is 30.9 Å². The number of hydrogen-bond donors (Lipinski definition) is 1. The largest absolute Gasteiger partial charge is 0.357 e. The highest BCUT2D eigenvalue weighted by Crippen LogP contribution is 2.47. The number of nitrogens with zero attached hydrogens (tertiary/aromatic N) is 3. The zero-order valence-corrected chi connectivity index (χ0v) is 14.6. The third kappa shape index (κ3) is 3.76. The lowest BCUT2D eigenvalue weighted by Crippen LogP contribution is -2.42. The number of nitrogens with one attached hydrogen (secondary N) is 1. The van der Waals surface area contributed by atoms with Crippen LogP contribution in [-0.2, 0) is 0 Å². The first-order chi connectivity index (χ1) is 10.7. The van der Waals surface area contributed by atoms with Crippen LogP contribution in [0.1, 0.15) is 51.9 Å². The summed E-state index contributed by atoms with van der Waals surface area (Å²) in [7, 11) is 2.24. The zero-order valence-electron chi connectivity index (χ0n) is 14.6. The van der Waals surface area contributed by atoms with Gasteiger partial charge in [-0.05, 0) is 76.9 Å². The lowest BCUT2D eigenvalue weighted by molar-refractivity contribution is 0.151. The SMILES string of the molecule is CCNC(=NCCC1CCN(C)CC1)N1CCC2(CCC2)C1. The Hall–Kier alpha value is -0.770. The molecule has 2 heterocycles. The molecule has 0 radical (unpaired) electrons. The van der Waals surface area contributed by atoms with Crippen LogP contribution in [-0.4, -0.2) is 62.1 Å². The molecular weight excluding hydrogens is 272 g/mol. The number of likely N-dealkylation sites (tertiary alicyclic amines) is 2. The Bertz CT molecular complexity index is 381. The number of guanidine groups is 1. The minimum Gasteiger partial charge on any atom is -0.357 e. The molecule has 1 spiro atoms. The van der Waals surface area contributed by atoms with E-state index < -0.39 is 0 Å². The molecule has 0 unspecified atom stereocenters. The van der Waals surface area contributed by atoms with E-state index in [1.165, 1.54) is 77.1 Å². The molecule has 1 aliphatic carbocycles. The standard InChI is InChI=1S/C18H34N4/c1-3-19-17(22-14-10-18(15-22)8-4-9-18)20-11-5-16-6-12-21(2)13-7-16/h16H,3-15H2,1-2H3,(H,19,20). The van der Waals surface area contributed by atoms with E-state index >= 15 is 0 Å². The predicted molar refractivity (Wildman–Crippen MR) is 93.3 cm³/mol. The second kappa shape index (κ2) is 7.20. The average Bonchev–Trinajstić information content (AvgIpc) is 2.94. The van der Waals surface area contributed by atoms with E-state index in [1.54, 1.807) is 0 Å². The molecule has 126 valence electrons. The Balaban J connectivity index is 1.48. The van der Waals surface area contributed by atoms with Gasteiger partial charge >= 0.3 is 0 Å². The molecule has 0 atom stereocenters. The highest BCUT2D eigenvalue weighted by molar-refractivity contribution is 5.80. The van der Waals surface area contributed by atoms with E-state index in [0.29, 0.717) is 5.41 Å². The van der Waals surface area contributed by atoms with Crippen molar-refractivity contribution in [2.75, 3.05) is 46.3 Å². The van der Waals surface area contributed by atoms with Crippen molar-refractivity contribution in [2.45, 2.75) is 51.9 Å². The van der Waals surface area contributed by atoms with Gasteiger partial charge in [0.15, 0.2) is 5.96 Å². The lowest BCUT2D eigenvalue weighted by atomic mass is 9.68. The summed E-state index contributed by atoms with van der Waals surface area (Å²) < 4.78 is 0. The second-order valence-electron chi connectivity index (χ2n) is 7.80. The van der Waals surface area contributed by atoms with Gasteiger partial charge in [-0.1, -0.05) is 6.42 Å². The normalized spacial score (nSPS) is 26.5. The van der Waals surface area contributed by atoms with Gasteiger partial charge in [0.05, 0.1) is 0 Å². The van der Waals surface area contributed by atoms with Crippen LogP contribution in [0.5, 0.6) is 0 Å². The smallest absolute Gasteiger partial charge is 0.193 e. The van der Waals surface area contributed by atoms with E-state index in [1.807, 2.05) is 0 Å². The first-order valence-corrected chi connectivity index (χ1v) is 9.43. The number of rotatable bonds is 4. The fourth-order valence-corrected chi connectivity index (χ4v) is 4.33. The third-order valence-corrected chi connectivity index (χ3v) is 6.12. The summed E-state index contributed by atoms with van der Waals surface area (Å²) in [4.78, 5) is 9.93. The summed E-state index contributed by atoms with van der Waals surface area (Å²) in [5, 5.41) is 3.52. The van der Waals surface area contributed by atoms with Gasteiger partial charge in [-0.25, -0.2) is 0 Å². The van der Waals surface area contributed by atoms with Crippen molar-refractivity contribution in [3.63, 3.8) is 0 Å². The van der Waals surface area contributed by atoms with Crippen LogP contribution in [0.15, 0.2) is 4.99 Å². The quantitative estimate of drug-likeness (QED) is 0.640. The monoisotopic (exact) mass is 306 g/mol. The number of piperidine rings is 1. The Labute approximate surface area is 136 Å². The van der Waals surface area contributed by atoms with Gasteiger partial charge < -0.3 is 15.1 Å². The first-order valence-electron chi connectivity index (χ1n) is 9.43. The minimum atomic E-state index is 0.657. The van der Waals surface area contributed by atoms with E-state index in [2.05, 4.69) is 29.1 Å². The maximum absolute atomic E-state index is 4.95. The predicted octanol–water partition coefficient (Wildman–Crippen LogP) is 2.56. The maximum atomic E-state index is 4.95. The molecule has 3 aliphatic rings. The van der Waals surface area contributed by atoms with E-state index in [0.717, 1.165) is 19.0 Å². The molecule has 2 aliphatic heterocycles. The van der Waals surface area contributed by atoms with E-state index in [-0.39, 0.29) is 0 Å². The Kier molecular flexibility index (Phi) is 5.27. The van der Waals surface area contributed by atoms with Crippen LogP contribution in [0, 0.1) is 11.3 Å². The van der Waals surface area contributed by atoms with Crippen molar-refractivity contribution in [1.29, 1.82) is 0 Å². The molecule has 0 bridgehead atoms. The summed E-state index contributed by atoms with van der Waals surface area (Å²) in [5.74, 6) is 2.07. The van der Waals surface area contributed by atoms with Crippen LogP contribution >= 0.6 is 0 Å². The van der Waals surface area contributed by atoms with Gasteiger partial charge in [0.25, 0.3) is 0 Å². The Morgan fingerprint density at radius 1 is 1.18 bits per heavy atom. The van der Waals surface area contributed by atoms with Gasteiger partial charge in [0, 0.05) is 26.2 Å². The fraction of sp³-hybridized carbons (Fsp3) is 0.944. The summed E-state index contributed by atoms with van der Waals surface area (Å²) in [6.45, 7) is 9.15. The second-order valence-corrected chi connectivity index (χ2v) is 7.80. The highest BCUT2D eigenvalue weighted by Gasteiger charge is 2.43. The molecule has 1 N–H and O–H groups in total. The molecule has 2 saturated heterocycles. The van der Waals surface area contributed by atoms with E-state index in [4.69, 9.17) is 4.99 Å². The highest BCUT2D eigenvalue weighted by atomic mass is 15.3. The number of aliphatic imine (C=N–C) groups is 1. The molecule has 1 saturated carbocycles. The van der Waals surface area contributed by atoms with Crippen molar-refractivity contribution in [2.24, 2.45) is 16.3 Å². The van der Waals surface area contributed by atoms with Gasteiger partial charge in [-0.3, -0.25) is 4.99 Å². The number of hydrogen-bond acceptors (Lipinski definition) is 2. The fourth-order valence-electron chi connectivity index (χ4n) is 4.33. The van der Waals surface area contributed by atoms with Crippen LogP contribution < -0.4 is 5.32 Å². The molecule has 3 rings (SSSR count). The summed E-state index contributed by atoms with van der Waals surface area (Å²) >= 11 is 0. The van der Waals surface area contributed by atoms with Crippen LogP contribution in [0.3, 0.4) is 0 Å². The zero-order chi connectivity index (χ0) is 15.4. The van der Waals surface area contributed by atoms with Gasteiger partial charge in [0.2, 0.25) is 0 Å². The van der Waals surface area contributed by atoms with Crippen molar-refractivity contribution in [3.05, 3.63) is 0 Å². The van der Waals surface area contributed by atoms with Crippen molar-refractivity contribution >= 4 is 5.96 Å². The average molecular weight is 306 g/mol. The molecule has 0 aromatic rings. The molecule has 0 amide bonds. The van der Waals surface area contributed by atoms with E-state index in [9.17, 15) is 0 Å². The maximum Gasteiger partial charge on any atom is 0.193 e. The van der Waals surface area contributed by atoms with Crippen molar-refractivity contribution in [1.82, 2.24) is 15.1 Å². The molecule has 4 heteroatoms. The summed E-state index contributed by atoms with van der Waals surface area (Å²) in [5.41, 5.74) is 0.657. The van der Waals surface area contributed by atoms with Gasteiger partial charge in [0.1, 0.15) is 0 Å². The molecule has 0 aromatic heterocycles. The van der Waals surface area contributed by atoms with Gasteiger partial charge in [-0.2, -0.15) is 0 Å². The first kappa shape index (κ1) is 16.1. The Morgan fingerprint density at radius 2 is 1.95 bits per heavy atom. The van der Waals surface area contributed by atoms with Crippen molar-refractivity contribution in [3.8, 4) is 0 Å². The lowest BCUT2D eigenvalue weighted by Gasteiger charge is -2.38. The third-order valence-electron chi connectivity index (χ3n) is 6.12. The molecule has 0 aromatic carbocycles.